The molecule has 4 rings (SSSR count). The molecule has 0 spiro atoms. The molecule has 1 aromatic rings. The summed E-state index contributed by atoms with van der Waals surface area (Å²) in [5.74, 6) is 4.80. The maximum Gasteiger partial charge on any atom is 0.0158 e. The van der Waals surface area contributed by atoms with E-state index in [0.29, 0.717) is 11.1 Å². The number of hydrogen-bond donors (Lipinski definition) is 0. The fraction of sp³-hybridized carbons (Fsp3) is 0.850. The van der Waals surface area contributed by atoms with Gasteiger partial charge in [0.15, 0.2) is 0 Å². The Morgan fingerprint density at radius 3 is 1.30 bits per heavy atom. The predicted octanol–water partition coefficient (Wildman–Crippen LogP) is 10.3. The molecule has 0 N–H and O–H groups in total. The van der Waals surface area contributed by atoms with Crippen LogP contribution in [0.3, 0.4) is 0 Å². The second-order valence-corrected chi connectivity index (χ2v) is 18.7. The van der Waals surface area contributed by atoms with Gasteiger partial charge in [0.05, 0.1) is 0 Å². The Kier molecular flexibility index (Phi) is 13.9. The molecule has 0 unspecified atom stereocenters. The van der Waals surface area contributed by atoms with Crippen molar-refractivity contribution in [2.45, 2.75) is 182 Å². The summed E-state index contributed by atoms with van der Waals surface area (Å²) < 4.78 is 0. The Bertz CT molecular complexity index is 961. The van der Waals surface area contributed by atoms with Crippen molar-refractivity contribution in [2.24, 2.45) is 29.6 Å². The van der Waals surface area contributed by atoms with Crippen molar-refractivity contribution in [2.75, 3.05) is 7.05 Å². The molecule has 0 aromatic heterocycles. The molecule has 1 aliphatic heterocycles. The van der Waals surface area contributed by atoms with Gasteiger partial charge in [0.2, 0.25) is 0 Å². The largest absolute Gasteiger partial charge is 0.296 e. The van der Waals surface area contributed by atoms with Gasteiger partial charge in [0, 0.05) is 35.0 Å². The average Bonchev–Trinajstić information content (AvgIpc) is 2.90. The third-order valence-electron chi connectivity index (χ3n) is 12.3. The van der Waals surface area contributed by atoms with Gasteiger partial charge in [-0.3, -0.25) is 4.90 Å². The van der Waals surface area contributed by atoms with Crippen LogP contribution < -0.4 is 0 Å². The lowest BCUT2D eigenvalue weighted by Crippen LogP contribution is -2.58. The number of benzene rings is 1. The van der Waals surface area contributed by atoms with Crippen molar-refractivity contribution in [1.29, 1.82) is 0 Å². The molecule has 0 amide bonds. The third-order valence-corrected chi connectivity index (χ3v) is 12.3. The van der Waals surface area contributed by atoms with E-state index in [1.54, 1.807) is 16.7 Å². The van der Waals surface area contributed by atoms with E-state index < -0.39 is 0 Å². The molecule has 3 fully saturated rings. The first-order valence-electron chi connectivity index (χ1n) is 18.1. The molecular formula is C40H69B3N. The molecule has 1 aromatic carbocycles. The highest BCUT2D eigenvalue weighted by Crippen LogP contribution is 2.46. The summed E-state index contributed by atoms with van der Waals surface area (Å²) >= 11 is 0. The monoisotopic (exact) mass is 597 g/mol. The Balaban J connectivity index is 0.00000220. The highest BCUT2D eigenvalue weighted by molar-refractivity contribution is 6.75. The van der Waals surface area contributed by atoms with E-state index in [-0.39, 0.29) is 19.2 Å². The van der Waals surface area contributed by atoms with E-state index in [4.69, 9.17) is 0 Å². The summed E-state index contributed by atoms with van der Waals surface area (Å²) in [5.41, 5.74) is 7.33. The molecule has 1 nitrogen and oxygen atoms in total. The van der Waals surface area contributed by atoms with Gasteiger partial charge >= 0.3 is 0 Å². The maximum absolute atomic E-state index is 4.00. The smallest absolute Gasteiger partial charge is 0.0158 e. The average molecular weight is 596 g/mol. The molecule has 4 heteroatoms. The van der Waals surface area contributed by atoms with Gasteiger partial charge in [-0.1, -0.05) is 92.2 Å². The van der Waals surface area contributed by atoms with Crippen LogP contribution in [-0.2, 0) is 17.3 Å². The van der Waals surface area contributed by atoms with Crippen molar-refractivity contribution in [3.63, 3.8) is 0 Å². The van der Waals surface area contributed by atoms with Gasteiger partial charge in [-0.05, 0) is 149 Å². The number of piperidine rings is 1. The van der Waals surface area contributed by atoms with Crippen LogP contribution >= 0.6 is 0 Å². The van der Waals surface area contributed by atoms with E-state index >= 15 is 0 Å². The number of likely N-dealkylation sites (tertiary alicyclic amines) is 1. The zero-order valence-electron chi connectivity index (χ0n) is 31.4. The van der Waals surface area contributed by atoms with Crippen LogP contribution in [-0.4, -0.2) is 46.9 Å². The zero-order valence-corrected chi connectivity index (χ0v) is 31.4. The van der Waals surface area contributed by atoms with E-state index in [2.05, 4.69) is 116 Å². The van der Waals surface area contributed by atoms with Gasteiger partial charge in [0.25, 0.3) is 0 Å². The van der Waals surface area contributed by atoms with E-state index in [9.17, 15) is 0 Å². The Hall–Kier alpha value is -0.625. The Morgan fingerprint density at radius 1 is 0.636 bits per heavy atom. The Labute approximate surface area is 280 Å². The van der Waals surface area contributed by atoms with E-state index in [1.807, 2.05) is 0 Å². The lowest BCUT2D eigenvalue weighted by Gasteiger charge is -2.54. The molecule has 1 heterocycles. The molecule has 0 atom stereocenters. The summed E-state index contributed by atoms with van der Waals surface area (Å²) in [4.78, 5) is 2.65. The minimum atomic E-state index is 0. The number of hydrogen-bond acceptors (Lipinski definition) is 1. The second-order valence-electron chi connectivity index (χ2n) is 18.7. The van der Waals surface area contributed by atoms with Gasteiger partial charge in [-0.2, -0.15) is 0 Å². The third kappa shape index (κ3) is 10.2. The van der Waals surface area contributed by atoms with Crippen LogP contribution in [0.1, 0.15) is 169 Å². The molecule has 2 saturated carbocycles. The minimum absolute atomic E-state index is 0. The lowest BCUT2D eigenvalue weighted by molar-refractivity contribution is -0.0366. The van der Waals surface area contributed by atoms with Crippen LogP contribution in [0.25, 0.3) is 0 Å². The van der Waals surface area contributed by atoms with Gasteiger partial charge in [-0.25, -0.2) is 0 Å². The van der Waals surface area contributed by atoms with Crippen LogP contribution in [0.2, 0.25) is 0 Å². The summed E-state index contributed by atoms with van der Waals surface area (Å²) in [6, 6.07) is 5.14. The Morgan fingerprint density at radius 2 is 0.955 bits per heavy atom. The first kappa shape index (κ1) is 39.6. The molecule has 1 saturated heterocycles. The van der Waals surface area contributed by atoms with Crippen molar-refractivity contribution in [3.8, 4) is 0 Å². The minimum Gasteiger partial charge on any atom is -0.296 e. The molecule has 44 heavy (non-hydrogen) atoms. The SMILES string of the molecule is Cc1c(C(C)(C)C)cc(CC2CCC(CC3CCC(CC4CC(C)(C)N(C)C(C)(C)C4)CC3)CC2)cc1C(C)(C)C.[B].[B][B]. The van der Waals surface area contributed by atoms with Crippen molar-refractivity contribution < 1.29 is 0 Å². The van der Waals surface area contributed by atoms with Crippen LogP contribution in [0.4, 0.5) is 0 Å². The van der Waals surface area contributed by atoms with Crippen LogP contribution in [0, 0.1) is 36.5 Å². The fourth-order valence-corrected chi connectivity index (χ4v) is 9.85. The van der Waals surface area contributed by atoms with Crippen molar-refractivity contribution in [3.05, 3.63) is 34.4 Å². The molecule has 7 radical (unpaired) electrons. The first-order valence-corrected chi connectivity index (χ1v) is 18.1. The quantitative estimate of drug-likeness (QED) is 0.296. The molecule has 3 aliphatic rings. The van der Waals surface area contributed by atoms with Gasteiger partial charge in [0.1, 0.15) is 0 Å². The summed E-state index contributed by atoms with van der Waals surface area (Å²) in [5, 5.41) is 0. The molecule has 243 valence electrons. The number of rotatable bonds is 6. The zero-order chi connectivity index (χ0) is 32.4. The van der Waals surface area contributed by atoms with Gasteiger partial charge < -0.3 is 0 Å². The van der Waals surface area contributed by atoms with E-state index in [0.717, 1.165) is 29.6 Å². The normalized spacial score (nSPS) is 28.0. The molecule has 2 aliphatic carbocycles. The highest BCUT2D eigenvalue weighted by atomic mass is 15.2. The first-order chi connectivity index (χ1) is 19.8. The highest BCUT2D eigenvalue weighted by Gasteiger charge is 2.43. The van der Waals surface area contributed by atoms with E-state index in [1.165, 1.54) is 89.0 Å². The summed E-state index contributed by atoms with van der Waals surface area (Å²) in [7, 11) is 10.4. The van der Waals surface area contributed by atoms with Crippen molar-refractivity contribution >= 4 is 23.9 Å². The molecule has 0 bridgehead atoms. The molecular weight excluding hydrogens is 527 g/mol. The second kappa shape index (κ2) is 15.5. The summed E-state index contributed by atoms with van der Waals surface area (Å²) in [6.45, 7) is 26.6. The maximum atomic E-state index is 4.00. The fourth-order valence-electron chi connectivity index (χ4n) is 9.85. The van der Waals surface area contributed by atoms with Crippen LogP contribution in [0.5, 0.6) is 0 Å². The topological polar surface area (TPSA) is 3.24 Å². The van der Waals surface area contributed by atoms with Crippen molar-refractivity contribution in [1.82, 2.24) is 4.90 Å². The summed E-state index contributed by atoms with van der Waals surface area (Å²) in [6.07, 6.45) is 19.0. The number of nitrogens with zero attached hydrogens (tertiary/aromatic N) is 1. The standard InChI is InChI=1S/C40H69N.B2.B/c1-28-35(37(2,3)4)24-33(25-36(28)38(5,6)7)22-31-17-13-29(14-18-31)21-30-15-19-32(20-16-30)23-34-26-39(8,9)41(12)40(10,11)27-34;1-2;/h24-25,29-32,34H,13-23,26-27H2,1-12H3;;. The predicted molar refractivity (Wildman–Crippen MR) is 198 cm³/mol. The van der Waals surface area contributed by atoms with Crippen LogP contribution in [0.15, 0.2) is 12.1 Å². The lowest BCUT2D eigenvalue weighted by atomic mass is 9.68. The van der Waals surface area contributed by atoms with Gasteiger partial charge in [-0.15, -0.1) is 0 Å².